The molecule has 0 bridgehead atoms. The number of anilines is 1. The molecule has 0 amide bonds. The first-order valence-corrected chi connectivity index (χ1v) is 7.18. The minimum Gasteiger partial charge on any atom is -0.484 e. The van der Waals surface area contributed by atoms with Gasteiger partial charge in [0.05, 0.1) is 11.0 Å². The maximum absolute atomic E-state index is 11.3. The zero-order chi connectivity index (χ0) is 14.7. The second-order valence-electron chi connectivity index (χ2n) is 5.80. The standard InChI is InChI=1S/C15H22N2O3/c1-10(2)20-14-6-4-5-13(15(14)17(18)19)16-11(3)9-12-7-8-12/h4-6,10-12,16H,7-9H2,1-3H3. The van der Waals surface area contributed by atoms with Crippen LogP contribution in [0.5, 0.6) is 5.75 Å². The summed E-state index contributed by atoms with van der Waals surface area (Å²) in [4.78, 5) is 11.0. The van der Waals surface area contributed by atoms with Crippen LogP contribution in [0.15, 0.2) is 18.2 Å². The van der Waals surface area contributed by atoms with Gasteiger partial charge in [0.25, 0.3) is 0 Å². The Morgan fingerprint density at radius 3 is 2.65 bits per heavy atom. The van der Waals surface area contributed by atoms with Crippen LogP contribution < -0.4 is 10.1 Å². The van der Waals surface area contributed by atoms with Gasteiger partial charge in [-0.3, -0.25) is 10.1 Å². The van der Waals surface area contributed by atoms with E-state index >= 15 is 0 Å². The number of hydrogen-bond donors (Lipinski definition) is 1. The fraction of sp³-hybridized carbons (Fsp3) is 0.600. The van der Waals surface area contributed by atoms with Crippen molar-refractivity contribution in [1.29, 1.82) is 0 Å². The molecule has 0 spiro atoms. The Morgan fingerprint density at radius 2 is 2.10 bits per heavy atom. The molecule has 0 aromatic heterocycles. The predicted octanol–water partition coefficient (Wildman–Crippen LogP) is 3.98. The Morgan fingerprint density at radius 1 is 1.40 bits per heavy atom. The highest BCUT2D eigenvalue weighted by Crippen LogP contribution is 2.38. The zero-order valence-corrected chi connectivity index (χ0v) is 12.3. The molecule has 1 saturated carbocycles. The third kappa shape index (κ3) is 3.85. The van der Waals surface area contributed by atoms with E-state index in [9.17, 15) is 10.1 Å². The molecule has 0 aliphatic heterocycles. The van der Waals surface area contributed by atoms with Crippen LogP contribution in [-0.4, -0.2) is 17.1 Å². The van der Waals surface area contributed by atoms with Gasteiger partial charge in [0.2, 0.25) is 0 Å². The minimum atomic E-state index is -0.371. The molecular weight excluding hydrogens is 256 g/mol. The Balaban J connectivity index is 2.19. The van der Waals surface area contributed by atoms with Gasteiger partial charge in [-0.2, -0.15) is 0 Å². The number of hydrogen-bond acceptors (Lipinski definition) is 4. The number of ether oxygens (including phenoxy) is 1. The van der Waals surface area contributed by atoms with Gasteiger partial charge in [-0.05, 0) is 45.2 Å². The van der Waals surface area contributed by atoms with Gasteiger partial charge in [0.15, 0.2) is 5.75 Å². The highest BCUT2D eigenvalue weighted by molar-refractivity contribution is 5.68. The topological polar surface area (TPSA) is 64.4 Å². The maximum atomic E-state index is 11.3. The molecule has 1 aliphatic carbocycles. The summed E-state index contributed by atoms with van der Waals surface area (Å²) in [5.74, 6) is 1.11. The fourth-order valence-corrected chi connectivity index (χ4v) is 2.35. The van der Waals surface area contributed by atoms with Crippen LogP contribution in [0.2, 0.25) is 0 Å². The van der Waals surface area contributed by atoms with E-state index in [0.29, 0.717) is 11.4 Å². The SMILES string of the molecule is CC(CC1CC1)Nc1cccc(OC(C)C)c1[N+](=O)[O-]. The average Bonchev–Trinajstić information content (AvgIpc) is 3.11. The molecule has 1 N–H and O–H groups in total. The molecule has 1 fully saturated rings. The second kappa shape index (κ2) is 6.11. The highest BCUT2D eigenvalue weighted by Gasteiger charge is 2.26. The van der Waals surface area contributed by atoms with Gasteiger partial charge in [-0.15, -0.1) is 0 Å². The van der Waals surface area contributed by atoms with Crippen molar-refractivity contribution < 1.29 is 9.66 Å². The molecular formula is C15H22N2O3. The summed E-state index contributed by atoms with van der Waals surface area (Å²) in [5.41, 5.74) is 0.574. The minimum absolute atomic E-state index is 0.0313. The first-order chi connectivity index (χ1) is 9.47. The normalized spacial score (nSPS) is 16.0. The van der Waals surface area contributed by atoms with Crippen LogP contribution in [0.1, 0.15) is 40.0 Å². The molecule has 1 aromatic carbocycles. The number of nitro groups is 1. The molecule has 110 valence electrons. The Bertz CT molecular complexity index is 484. The monoisotopic (exact) mass is 278 g/mol. The summed E-state index contributed by atoms with van der Waals surface area (Å²) in [6.07, 6.45) is 3.54. The average molecular weight is 278 g/mol. The lowest BCUT2D eigenvalue weighted by Gasteiger charge is -2.17. The van der Waals surface area contributed by atoms with Crippen LogP contribution >= 0.6 is 0 Å². The van der Waals surface area contributed by atoms with E-state index in [1.54, 1.807) is 18.2 Å². The first kappa shape index (κ1) is 14.6. The summed E-state index contributed by atoms with van der Waals surface area (Å²) in [6.45, 7) is 5.79. The molecule has 5 nitrogen and oxygen atoms in total. The third-order valence-electron chi connectivity index (χ3n) is 3.33. The number of nitrogens with one attached hydrogen (secondary N) is 1. The summed E-state index contributed by atoms with van der Waals surface area (Å²) >= 11 is 0. The summed E-state index contributed by atoms with van der Waals surface area (Å²) < 4.78 is 5.54. The number of para-hydroxylation sites is 1. The van der Waals surface area contributed by atoms with Crippen molar-refractivity contribution >= 4 is 11.4 Å². The summed E-state index contributed by atoms with van der Waals surface area (Å²) in [6, 6.07) is 5.41. The number of nitro benzene ring substituents is 1. The smallest absolute Gasteiger partial charge is 0.333 e. The molecule has 5 heteroatoms. The highest BCUT2D eigenvalue weighted by atomic mass is 16.6. The first-order valence-electron chi connectivity index (χ1n) is 7.18. The lowest BCUT2D eigenvalue weighted by atomic mass is 10.1. The quantitative estimate of drug-likeness (QED) is 0.605. The van der Waals surface area contributed by atoms with Crippen LogP contribution in [0.3, 0.4) is 0 Å². The Labute approximate surface area is 119 Å². The van der Waals surface area contributed by atoms with Gasteiger partial charge >= 0.3 is 5.69 Å². The van der Waals surface area contributed by atoms with Crippen LogP contribution in [0, 0.1) is 16.0 Å². The van der Waals surface area contributed by atoms with E-state index in [-0.39, 0.29) is 22.8 Å². The van der Waals surface area contributed by atoms with E-state index in [4.69, 9.17) is 4.74 Å². The predicted molar refractivity (Wildman–Crippen MR) is 79.3 cm³/mol. The second-order valence-corrected chi connectivity index (χ2v) is 5.80. The molecule has 20 heavy (non-hydrogen) atoms. The van der Waals surface area contributed by atoms with Crippen molar-refractivity contribution in [1.82, 2.24) is 0 Å². The molecule has 1 aromatic rings. The molecule has 1 unspecified atom stereocenters. The van der Waals surface area contributed by atoms with Crippen LogP contribution in [0.4, 0.5) is 11.4 Å². The van der Waals surface area contributed by atoms with Gasteiger partial charge in [-0.25, -0.2) is 0 Å². The Hall–Kier alpha value is -1.78. The van der Waals surface area contributed by atoms with Crippen LogP contribution in [0.25, 0.3) is 0 Å². The van der Waals surface area contributed by atoms with Gasteiger partial charge in [-0.1, -0.05) is 18.9 Å². The number of benzene rings is 1. The van der Waals surface area contributed by atoms with E-state index in [1.165, 1.54) is 12.8 Å². The van der Waals surface area contributed by atoms with Crippen molar-refractivity contribution in [3.05, 3.63) is 28.3 Å². The van der Waals surface area contributed by atoms with Crippen molar-refractivity contribution in [2.24, 2.45) is 5.92 Å². The largest absolute Gasteiger partial charge is 0.484 e. The van der Waals surface area contributed by atoms with Gasteiger partial charge in [0.1, 0.15) is 5.69 Å². The van der Waals surface area contributed by atoms with Gasteiger partial charge < -0.3 is 10.1 Å². The van der Waals surface area contributed by atoms with E-state index in [2.05, 4.69) is 12.2 Å². The van der Waals surface area contributed by atoms with E-state index < -0.39 is 0 Å². The molecule has 2 rings (SSSR count). The molecule has 0 saturated heterocycles. The molecule has 1 aliphatic rings. The molecule has 1 atom stereocenters. The zero-order valence-electron chi connectivity index (χ0n) is 12.3. The number of rotatable bonds is 7. The fourth-order valence-electron chi connectivity index (χ4n) is 2.35. The van der Waals surface area contributed by atoms with Crippen LogP contribution in [-0.2, 0) is 0 Å². The van der Waals surface area contributed by atoms with E-state index in [1.807, 2.05) is 13.8 Å². The Kier molecular flexibility index (Phi) is 4.47. The van der Waals surface area contributed by atoms with Crippen molar-refractivity contribution in [2.45, 2.75) is 52.2 Å². The van der Waals surface area contributed by atoms with Crippen molar-refractivity contribution in [2.75, 3.05) is 5.32 Å². The van der Waals surface area contributed by atoms with Crippen molar-refractivity contribution in [3.8, 4) is 5.75 Å². The van der Waals surface area contributed by atoms with E-state index in [0.717, 1.165) is 12.3 Å². The molecule has 0 radical (unpaired) electrons. The maximum Gasteiger partial charge on any atom is 0.333 e. The summed E-state index contributed by atoms with van der Waals surface area (Å²) in [7, 11) is 0. The van der Waals surface area contributed by atoms with Gasteiger partial charge in [0, 0.05) is 6.04 Å². The number of nitrogens with zero attached hydrogens (tertiary/aromatic N) is 1. The van der Waals surface area contributed by atoms with Crippen molar-refractivity contribution in [3.63, 3.8) is 0 Å². The lowest BCUT2D eigenvalue weighted by Crippen LogP contribution is -2.17. The third-order valence-corrected chi connectivity index (χ3v) is 3.33. The summed E-state index contributed by atoms with van der Waals surface area (Å²) in [5, 5.41) is 14.6. The lowest BCUT2D eigenvalue weighted by molar-refractivity contribution is -0.385. The molecule has 0 heterocycles.